The monoisotopic (exact) mass is 262 g/mol. The van der Waals surface area contributed by atoms with Crippen LogP contribution in [0.15, 0.2) is 24.3 Å². The third kappa shape index (κ3) is 4.24. The molecule has 0 spiro atoms. The number of hydrogen-bond donors (Lipinski definition) is 2. The molecule has 0 bridgehead atoms. The minimum absolute atomic E-state index is 0.0724. The second kappa shape index (κ2) is 6.57. The van der Waals surface area contributed by atoms with E-state index in [1.807, 2.05) is 38.1 Å². The normalized spacial score (nSPS) is 15.9. The maximum atomic E-state index is 11.6. The number of amides is 1. The van der Waals surface area contributed by atoms with Gasteiger partial charge in [-0.15, -0.1) is 0 Å². The maximum Gasteiger partial charge on any atom is 0.234 e. The summed E-state index contributed by atoms with van der Waals surface area (Å²) in [4.78, 5) is 11.6. The molecule has 4 nitrogen and oxygen atoms in total. The number of para-hydroxylation sites is 1. The molecule has 1 unspecified atom stereocenters. The van der Waals surface area contributed by atoms with Crippen LogP contribution in [0.4, 0.5) is 0 Å². The van der Waals surface area contributed by atoms with Crippen LogP contribution in [0.5, 0.6) is 5.75 Å². The topological polar surface area (TPSA) is 50.4 Å². The standard InChI is InChI=1S/C15H22N2O2/c1-3-19-14-7-5-4-6-13(14)11(2)16-10-15(18)17-12-8-9-12/h4-7,11-12,16H,3,8-10H2,1-2H3,(H,17,18). The highest BCUT2D eigenvalue weighted by Gasteiger charge is 2.23. The molecule has 2 N–H and O–H groups in total. The van der Waals surface area contributed by atoms with Gasteiger partial charge in [-0.1, -0.05) is 18.2 Å². The van der Waals surface area contributed by atoms with E-state index in [9.17, 15) is 4.79 Å². The summed E-state index contributed by atoms with van der Waals surface area (Å²) in [6, 6.07) is 8.44. The van der Waals surface area contributed by atoms with Gasteiger partial charge in [-0.3, -0.25) is 4.79 Å². The van der Waals surface area contributed by atoms with Gasteiger partial charge in [0.25, 0.3) is 0 Å². The maximum absolute atomic E-state index is 11.6. The highest BCUT2D eigenvalue weighted by atomic mass is 16.5. The zero-order valence-electron chi connectivity index (χ0n) is 11.6. The summed E-state index contributed by atoms with van der Waals surface area (Å²) in [6.07, 6.45) is 2.24. The third-order valence-electron chi connectivity index (χ3n) is 3.20. The van der Waals surface area contributed by atoms with Crippen molar-refractivity contribution in [2.75, 3.05) is 13.2 Å². The van der Waals surface area contributed by atoms with E-state index in [-0.39, 0.29) is 11.9 Å². The van der Waals surface area contributed by atoms with Gasteiger partial charge in [0, 0.05) is 17.6 Å². The molecular weight excluding hydrogens is 240 g/mol. The SMILES string of the molecule is CCOc1ccccc1C(C)NCC(=O)NC1CC1. The lowest BCUT2D eigenvalue weighted by Crippen LogP contribution is -2.36. The van der Waals surface area contributed by atoms with E-state index in [1.54, 1.807) is 0 Å². The van der Waals surface area contributed by atoms with Crippen molar-refractivity contribution in [1.82, 2.24) is 10.6 Å². The fraction of sp³-hybridized carbons (Fsp3) is 0.533. The largest absolute Gasteiger partial charge is 0.494 e. The third-order valence-corrected chi connectivity index (χ3v) is 3.20. The minimum atomic E-state index is 0.0724. The molecule has 104 valence electrons. The molecule has 1 aromatic rings. The number of ether oxygens (including phenoxy) is 1. The Bertz CT molecular complexity index is 430. The Hall–Kier alpha value is -1.55. The number of carbonyl (C=O) groups excluding carboxylic acids is 1. The first-order valence-electron chi connectivity index (χ1n) is 6.95. The van der Waals surface area contributed by atoms with Gasteiger partial charge in [0.05, 0.1) is 13.2 Å². The molecule has 2 rings (SSSR count). The molecule has 0 aliphatic heterocycles. The van der Waals surface area contributed by atoms with Gasteiger partial charge in [0.15, 0.2) is 0 Å². The van der Waals surface area contributed by atoms with E-state index in [4.69, 9.17) is 4.74 Å². The van der Waals surface area contributed by atoms with E-state index in [0.29, 0.717) is 19.2 Å². The second-order valence-electron chi connectivity index (χ2n) is 4.92. The Balaban J connectivity index is 1.87. The quantitative estimate of drug-likeness (QED) is 0.790. The van der Waals surface area contributed by atoms with Crippen LogP contribution in [0.2, 0.25) is 0 Å². The van der Waals surface area contributed by atoms with Crippen molar-refractivity contribution in [1.29, 1.82) is 0 Å². The summed E-state index contributed by atoms with van der Waals surface area (Å²) in [5, 5.41) is 6.21. The van der Waals surface area contributed by atoms with Gasteiger partial charge in [0.2, 0.25) is 5.91 Å². The summed E-state index contributed by atoms with van der Waals surface area (Å²) >= 11 is 0. The van der Waals surface area contributed by atoms with Crippen molar-refractivity contribution in [3.05, 3.63) is 29.8 Å². The Morgan fingerprint density at radius 1 is 1.42 bits per heavy atom. The van der Waals surface area contributed by atoms with Gasteiger partial charge < -0.3 is 15.4 Å². The molecule has 1 aliphatic rings. The lowest BCUT2D eigenvalue weighted by molar-refractivity contribution is -0.120. The van der Waals surface area contributed by atoms with E-state index in [2.05, 4.69) is 10.6 Å². The van der Waals surface area contributed by atoms with Crippen LogP contribution in [0.25, 0.3) is 0 Å². The summed E-state index contributed by atoms with van der Waals surface area (Å²) in [6.45, 7) is 5.00. The molecule has 1 aromatic carbocycles. The Morgan fingerprint density at radius 3 is 2.84 bits per heavy atom. The molecule has 1 fully saturated rings. The number of benzene rings is 1. The predicted molar refractivity (Wildman–Crippen MR) is 75.2 cm³/mol. The summed E-state index contributed by atoms with van der Waals surface area (Å²) in [5.41, 5.74) is 1.09. The highest BCUT2D eigenvalue weighted by molar-refractivity contribution is 5.78. The highest BCUT2D eigenvalue weighted by Crippen LogP contribution is 2.24. The molecule has 0 radical (unpaired) electrons. The van der Waals surface area contributed by atoms with E-state index >= 15 is 0 Å². The summed E-state index contributed by atoms with van der Waals surface area (Å²) < 4.78 is 5.60. The molecule has 1 amide bonds. The van der Waals surface area contributed by atoms with Crippen LogP contribution < -0.4 is 15.4 Å². The zero-order chi connectivity index (χ0) is 13.7. The molecule has 0 heterocycles. The van der Waals surface area contributed by atoms with Crippen LogP contribution in [-0.4, -0.2) is 25.1 Å². The van der Waals surface area contributed by atoms with E-state index in [0.717, 1.165) is 24.2 Å². The van der Waals surface area contributed by atoms with Gasteiger partial charge in [-0.2, -0.15) is 0 Å². The average molecular weight is 262 g/mol. The molecule has 1 aliphatic carbocycles. The van der Waals surface area contributed by atoms with E-state index < -0.39 is 0 Å². The van der Waals surface area contributed by atoms with E-state index in [1.165, 1.54) is 0 Å². The molecule has 0 saturated heterocycles. The van der Waals surface area contributed by atoms with Crippen molar-refractivity contribution in [3.63, 3.8) is 0 Å². The smallest absolute Gasteiger partial charge is 0.234 e. The fourth-order valence-corrected chi connectivity index (χ4v) is 1.99. The molecule has 1 saturated carbocycles. The lowest BCUT2D eigenvalue weighted by atomic mass is 10.1. The number of rotatable bonds is 7. The van der Waals surface area contributed by atoms with Crippen molar-refractivity contribution in [2.24, 2.45) is 0 Å². The number of carbonyl (C=O) groups is 1. The zero-order valence-corrected chi connectivity index (χ0v) is 11.6. The van der Waals surface area contributed by atoms with Crippen LogP contribution >= 0.6 is 0 Å². The van der Waals surface area contributed by atoms with Crippen LogP contribution in [-0.2, 0) is 4.79 Å². The Morgan fingerprint density at radius 2 is 2.16 bits per heavy atom. The van der Waals surface area contributed by atoms with Gasteiger partial charge >= 0.3 is 0 Å². The van der Waals surface area contributed by atoms with Crippen molar-refractivity contribution in [2.45, 2.75) is 38.8 Å². The Labute approximate surface area is 114 Å². The van der Waals surface area contributed by atoms with Gasteiger partial charge in [-0.25, -0.2) is 0 Å². The number of hydrogen-bond acceptors (Lipinski definition) is 3. The van der Waals surface area contributed by atoms with Gasteiger partial charge in [0.1, 0.15) is 5.75 Å². The van der Waals surface area contributed by atoms with Crippen LogP contribution in [0.1, 0.15) is 38.3 Å². The van der Waals surface area contributed by atoms with Crippen LogP contribution in [0, 0.1) is 0 Å². The molecular formula is C15H22N2O2. The van der Waals surface area contributed by atoms with Crippen molar-refractivity contribution in [3.8, 4) is 5.75 Å². The molecule has 0 aromatic heterocycles. The number of nitrogens with one attached hydrogen (secondary N) is 2. The van der Waals surface area contributed by atoms with Gasteiger partial charge in [-0.05, 0) is 32.8 Å². The lowest BCUT2D eigenvalue weighted by Gasteiger charge is -2.17. The first-order valence-corrected chi connectivity index (χ1v) is 6.95. The summed E-state index contributed by atoms with van der Waals surface area (Å²) in [7, 11) is 0. The summed E-state index contributed by atoms with van der Waals surface area (Å²) in [5.74, 6) is 0.954. The second-order valence-corrected chi connectivity index (χ2v) is 4.92. The average Bonchev–Trinajstić information content (AvgIpc) is 3.21. The Kier molecular flexibility index (Phi) is 4.80. The van der Waals surface area contributed by atoms with Crippen LogP contribution in [0.3, 0.4) is 0 Å². The first-order chi connectivity index (χ1) is 9.20. The minimum Gasteiger partial charge on any atom is -0.494 e. The first kappa shape index (κ1) is 13.9. The molecule has 19 heavy (non-hydrogen) atoms. The fourth-order valence-electron chi connectivity index (χ4n) is 1.99. The molecule has 4 heteroatoms. The van der Waals surface area contributed by atoms with Crippen molar-refractivity contribution >= 4 is 5.91 Å². The van der Waals surface area contributed by atoms with Crippen molar-refractivity contribution < 1.29 is 9.53 Å². The molecule has 1 atom stereocenters. The predicted octanol–water partition coefficient (Wildman–Crippen LogP) is 2.01.